The molecule has 0 spiro atoms. The van der Waals surface area contributed by atoms with Crippen LogP contribution in [0.4, 0.5) is 0 Å². The highest BCUT2D eigenvalue weighted by Gasteiger charge is 2.11. The average Bonchev–Trinajstić information content (AvgIpc) is 3.17. The predicted octanol–water partition coefficient (Wildman–Crippen LogP) is 1.86. The van der Waals surface area contributed by atoms with Crippen molar-refractivity contribution in [2.45, 2.75) is 6.54 Å². The Balaban J connectivity index is 1.69. The van der Waals surface area contributed by atoms with Crippen LogP contribution in [0.2, 0.25) is 0 Å². The number of rotatable bonds is 4. The van der Waals surface area contributed by atoms with Gasteiger partial charge in [-0.1, -0.05) is 30.3 Å². The summed E-state index contributed by atoms with van der Waals surface area (Å²) in [6.07, 6.45) is 3.16. The Morgan fingerprint density at radius 1 is 1.25 bits per heavy atom. The zero-order chi connectivity index (χ0) is 13.8. The molecule has 0 saturated carbocycles. The van der Waals surface area contributed by atoms with Crippen LogP contribution in [0.1, 0.15) is 15.4 Å². The molecule has 0 unspecified atom stereocenters. The molecule has 0 radical (unpaired) electrons. The van der Waals surface area contributed by atoms with Crippen LogP contribution >= 0.6 is 11.3 Å². The molecule has 2 aromatic heterocycles. The Kier molecular flexibility index (Phi) is 3.51. The van der Waals surface area contributed by atoms with Gasteiger partial charge in [0.1, 0.15) is 15.6 Å². The highest BCUT2D eigenvalue weighted by Crippen LogP contribution is 2.24. The van der Waals surface area contributed by atoms with Gasteiger partial charge in [0.15, 0.2) is 0 Å². The minimum absolute atomic E-state index is 0.160. The molecule has 20 heavy (non-hydrogen) atoms. The van der Waals surface area contributed by atoms with Crippen molar-refractivity contribution >= 4 is 17.2 Å². The van der Waals surface area contributed by atoms with Crippen molar-refractivity contribution in [3.63, 3.8) is 0 Å². The highest BCUT2D eigenvalue weighted by atomic mass is 32.1. The summed E-state index contributed by atoms with van der Waals surface area (Å²) in [4.78, 5) is 16.8. The monoisotopic (exact) mass is 285 g/mol. The van der Waals surface area contributed by atoms with Gasteiger partial charge in [-0.25, -0.2) is 4.98 Å². The normalized spacial score (nSPS) is 10.4. The van der Waals surface area contributed by atoms with Gasteiger partial charge in [0.25, 0.3) is 5.91 Å². The summed E-state index contributed by atoms with van der Waals surface area (Å²) >= 11 is 1.36. The Morgan fingerprint density at radius 2 is 2.10 bits per heavy atom. The first-order chi connectivity index (χ1) is 9.83. The summed E-state index contributed by atoms with van der Waals surface area (Å²) in [5.74, 6) is -0.160. The number of nitrogens with zero attached hydrogens (tertiary/aromatic N) is 3. The van der Waals surface area contributed by atoms with Gasteiger partial charge in [-0.15, -0.1) is 11.3 Å². The van der Waals surface area contributed by atoms with Crippen LogP contribution in [-0.2, 0) is 6.54 Å². The molecule has 0 aliphatic heterocycles. The molecular formula is C13H11N5OS. The Hall–Kier alpha value is -2.54. The molecule has 1 aromatic carbocycles. The molecule has 0 saturated heterocycles. The van der Waals surface area contributed by atoms with E-state index in [-0.39, 0.29) is 5.91 Å². The third kappa shape index (κ3) is 2.72. The number of carbonyl (C=O) groups is 1. The lowest BCUT2D eigenvalue weighted by atomic mass is 10.2. The minimum atomic E-state index is -0.160. The number of amides is 1. The number of H-pyrrole nitrogens is 1. The fourth-order valence-electron chi connectivity index (χ4n) is 1.66. The van der Waals surface area contributed by atoms with Crippen LogP contribution in [0.25, 0.3) is 10.6 Å². The van der Waals surface area contributed by atoms with Crippen molar-refractivity contribution in [3.05, 3.63) is 53.3 Å². The first-order valence-electron chi connectivity index (χ1n) is 5.97. The number of nitrogens with one attached hydrogen (secondary N) is 2. The first-order valence-corrected chi connectivity index (χ1v) is 6.78. The molecule has 0 atom stereocenters. The van der Waals surface area contributed by atoms with E-state index < -0.39 is 0 Å². The van der Waals surface area contributed by atoms with Crippen LogP contribution in [0.5, 0.6) is 0 Å². The average molecular weight is 285 g/mol. The van der Waals surface area contributed by atoms with Gasteiger partial charge in [-0.2, -0.15) is 15.4 Å². The lowest BCUT2D eigenvalue weighted by Crippen LogP contribution is -2.21. The van der Waals surface area contributed by atoms with E-state index in [4.69, 9.17) is 0 Å². The molecule has 3 rings (SSSR count). The van der Waals surface area contributed by atoms with Crippen LogP contribution < -0.4 is 5.32 Å². The van der Waals surface area contributed by atoms with Gasteiger partial charge in [-0.05, 0) is 0 Å². The standard InChI is InChI=1S/C13H11N5OS/c19-12(14-6-10-7-16-18-17-10)11-8-15-13(20-11)9-4-2-1-3-5-9/h1-5,7-8H,6H2,(H,14,19)(H,16,17,18). The fourth-order valence-corrected chi connectivity index (χ4v) is 2.50. The van der Waals surface area contributed by atoms with E-state index in [0.717, 1.165) is 10.6 Å². The third-order valence-electron chi connectivity index (χ3n) is 2.65. The number of carbonyl (C=O) groups excluding carboxylic acids is 1. The lowest BCUT2D eigenvalue weighted by Gasteiger charge is -1.99. The second-order valence-corrected chi connectivity index (χ2v) is 5.07. The van der Waals surface area contributed by atoms with Gasteiger partial charge in [0.05, 0.1) is 18.9 Å². The van der Waals surface area contributed by atoms with Crippen LogP contribution in [0.3, 0.4) is 0 Å². The molecule has 6 nitrogen and oxygen atoms in total. The number of hydrogen-bond acceptors (Lipinski definition) is 5. The van der Waals surface area contributed by atoms with Crippen LogP contribution in [0, 0.1) is 0 Å². The summed E-state index contributed by atoms with van der Waals surface area (Å²) in [5, 5.41) is 13.7. The minimum Gasteiger partial charge on any atom is -0.346 e. The van der Waals surface area contributed by atoms with Crippen LogP contribution in [-0.4, -0.2) is 26.3 Å². The molecule has 1 amide bonds. The molecule has 0 aliphatic carbocycles. The molecule has 3 aromatic rings. The summed E-state index contributed by atoms with van der Waals surface area (Å²) in [7, 11) is 0. The Morgan fingerprint density at radius 3 is 2.85 bits per heavy atom. The van der Waals surface area contributed by atoms with Crippen molar-refractivity contribution in [2.75, 3.05) is 0 Å². The molecule has 7 heteroatoms. The Bertz CT molecular complexity index is 693. The maximum Gasteiger partial charge on any atom is 0.263 e. The van der Waals surface area contributed by atoms with E-state index >= 15 is 0 Å². The molecule has 2 heterocycles. The third-order valence-corrected chi connectivity index (χ3v) is 3.69. The number of benzene rings is 1. The molecule has 2 N–H and O–H groups in total. The van der Waals surface area contributed by atoms with Crippen LogP contribution in [0.15, 0.2) is 42.7 Å². The smallest absolute Gasteiger partial charge is 0.263 e. The largest absolute Gasteiger partial charge is 0.346 e. The zero-order valence-electron chi connectivity index (χ0n) is 10.4. The molecule has 0 fully saturated rings. The molecule has 0 bridgehead atoms. The van der Waals surface area contributed by atoms with Gasteiger partial charge in [0, 0.05) is 5.56 Å². The first kappa shape index (κ1) is 12.5. The number of aromatic nitrogens is 4. The number of hydrogen-bond donors (Lipinski definition) is 2. The topological polar surface area (TPSA) is 83.6 Å². The molecular weight excluding hydrogens is 274 g/mol. The van der Waals surface area contributed by atoms with E-state index in [1.54, 1.807) is 12.4 Å². The van der Waals surface area contributed by atoms with E-state index in [1.807, 2.05) is 30.3 Å². The van der Waals surface area contributed by atoms with E-state index in [2.05, 4.69) is 25.7 Å². The van der Waals surface area contributed by atoms with Crippen molar-refractivity contribution < 1.29 is 4.79 Å². The summed E-state index contributed by atoms with van der Waals surface area (Å²) in [6, 6.07) is 9.77. The van der Waals surface area contributed by atoms with E-state index in [9.17, 15) is 4.79 Å². The number of thiazole rings is 1. The second kappa shape index (κ2) is 5.62. The van der Waals surface area contributed by atoms with Crippen molar-refractivity contribution in [3.8, 4) is 10.6 Å². The van der Waals surface area contributed by atoms with Gasteiger partial charge >= 0.3 is 0 Å². The van der Waals surface area contributed by atoms with Gasteiger partial charge in [-0.3, -0.25) is 4.79 Å². The van der Waals surface area contributed by atoms with E-state index in [1.165, 1.54) is 11.3 Å². The van der Waals surface area contributed by atoms with E-state index in [0.29, 0.717) is 17.1 Å². The molecule has 0 aliphatic rings. The van der Waals surface area contributed by atoms with Crippen molar-refractivity contribution in [1.82, 2.24) is 25.7 Å². The maximum absolute atomic E-state index is 12.0. The number of aromatic amines is 1. The Labute approximate surface area is 118 Å². The summed E-state index contributed by atoms with van der Waals surface area (Å²) < 4.78 is 0. The zero-order valence-corrected chi connectivity index (χ0v) is 11.2. The predicted molar refractivity (Wildman–Crippen MR) is 75.1 cm³/mol. The van der Waals surface area contributed by atoms with Crippen molar-refractivity contribution in [2.24, 2.45) is 0 Å². The summed E-state index contributed by atoms with van der Waals surface area (Å²) in [6.45, 7) is 0.341. The fraction of sp³-hybridized carbons (Fsp3) is 0.0769. The maximum atomic E-state index is 12.0. The molecule has 100 valence electrons. The van der Waals surface area contributed by atoms with Gasteiger partial charge in [0.2, 0.25) is 0 Å². The highest BCUT2D eigenvalue weighted by molar-refractivity contribution is 7.16. The van der Waals surface area contributed by atoms with Gasteiger partial charge < -0.3 is 5.32 Å². The second-order valence-electron chi connectivity index (χ2n) is 4.04. The summed E-state index contributed by atoms with van der Waals surface area (Å²) in [5.41, 5.74) is 1.69. The quantitative estimate of drug-likeness (QED) is 0.766. The van der Waals surface area contributed by atoms with Crippen molar-refractivity contribution in [1.29, 1.82) is 0 Å². The SMILES string of the molecule is O=C(NCc1cn[nH]n1)c1cnc(-c2ccccc2)s1. The lowest BCUT2D eigenvalue weighted by molar-refractivity contribution is 0.0954.